The third kappa shape index (κ3) is 2.96. The summed E-state index contributed by atoms with van der Waals surface area (Å²) in [6.07, 6.45) is 8.55. The molecule has 0 aromatic rings. The minimum Gasteiger partial charge on any atom is -0.313 e. The Bertz CT molecular complexity index is 149. The largest absolute Gasteiger partial charge is 0.313 e. The third-order valence-electron chi connectivity index (χ3n) is 3.28. The van der Waals surface area contributed by atoms with E-state index in [1.807, 2.05) is 0 Å². The second-order valence-corrected chi connectivity index (χ2v) is 4.53. The zero-order valence-corrected chi connectivity index (χ0v) is 9.05. The van der Waals surface area contributed by atoms with Crippen LogP contribution in [0.25, 0.3) is 0 Å². The van der Waals surface area contributed by atoms with E-state index in [9.17, 15) is 5.21 Å². The molecule has 1 aliphatic rings. The highest BCUT2D eigenvalue weighted by atomic mass is 16.5. The summed E-state index contributed by atoms with van der Waals surface area (Å²) in [6.45, 7) is 5.28. The molecule has 1 saturated heterocycles. The molecule has 0 saturated carbocycles. The molecule has 13 heavy (non-hydrogen) atoms. The van der Waals surface area contributed by atoms with E-state index >= 15 is 0 Å². The predicted octanol–water partition coefficient (Wildman–Crippen LogP) is 3.20. The molecule has 78 valence electrons. The highest BCUT2D eigenvalue weighted by Crippen LogP contribution is 2.30. The third-order valence-corrected chi connectivity index (χ3v) is 3.28. The molecule has 1 aliphatic heterocycles. The molecule has 2 heteroatoms. The standard InChI is InChI=1S/C11H23NO/c1-3-4-5-8-11(2)9-6-7-10-12(11)13/h13H,3-10H2,1-2H3. The van der Waals surface area contributed by atoms with E-state index in [1.54, 1.807) is 5.06 Å². The summed E-state index contributed by atoms with van der Waals surface area (Å²) in [5.41, 5.74) is 0.0768. The fourth-order valence-corrected chi connectivity index (χ4v) is 2.18. The van der Waals surface area contributed by atoms with Gasteiger partial charge in [0.05, 0.1) is 0 Å². The molecule has 0 bridgehead atoms. The molecule has 0 aromatic heterocycles. The molecule has 0 aliphatic carbocycles. The summed E-state index contributed by atoms with van der Waals surface area (Å²) in [4.78, 5) is 0. The summed E-state index contributed by atoms with van der Waals surface area (Å²) in [7, 11) is 0. The topological polar surface area (TPSA) is 23.5 Å². The van der Waals surface area contributed by atoms with Gasteiger partial charge >= 0.3 is 0 Å². The van der Waals surface area contributed by atoms with Crippen molar-refractivity contribution in [1.29, 1.82) is 0 Å². The van der Waals surface area contributed by atoms with E-state index in [-0.39, 0.29) is 5.54 Å². The van der Waals surface area contributed by atoms with Crippen LogP contribution in [0.4, 0.5) is 0 Å². The Morgan fingerprint density at radius 2 is 2.08 bits per heavy atom. The van der Waals surface area contributed by atoms with Gasteiger partial charge < -0.3 is 5.21 Å². The van der Waals surface area contributed by atoms with Crippen LogP contribution in [0, 0.1) is 0 Å². The first-order valence-electron chi connectivity index (χ1n) is 5.65. The van der Waals surface area contributed by atoms with Crippen LogP contribution in [0.3, 0.4) is 0 Å². The van der Waals surface area contributed by atoms with Crippen LogP contribution in [-0.4, -0.2) is 22.4 Å². The lowest BCUT2D eigenvalue weighted by Gasteiger charge is -2.40. The van der Waals surface area contributed by atoms with Gasteiger partial charge in [-0.2, -0.15) is 5.06 Å². The van der Waals surface area contributed by atoms with Crippen LogP contribution in [-0.2, 0) is 0 Å². The smallest absolute Gasteiger partial charge is 0.0432 e. The van der Waals surface area contributed by atoms with Crippen LogP contribution in [0.1, 0.15) is 58.8 Å². The number of piperidine rings is 1. The maximum atomic E-state index is 9.76. The lowest BCUT2D eigenvalue weighted by molar-refractivity contribution is -0.187. The number of nitrogens with zero attached hydrogens (tertiary/aromatic N) is 1. The number of unbranched alkanes of at least 4 members (excludes halogenated alkanes) is 2. The molecule has 1 unspecified atom stereocenters. The van der Waals surface area contributed by atoms with Crippen LogP contribution < -0.4 is 0 Å². The summed E-state index contributed by atoms with van der Waals surface area (Å²) in [5.74, 6) is 0. The number of hydroxylamine groups is 2. The number of rotatable bonds is 4. The van der Waals surface area contributed by atoms with Crippen molar-refractivity contribution in [2.24, 2.45) is 0 Å². The average molecular weight is 185 g/mol. The Balaban J connectivity index is 2.33. The molecular weight excluding hydrogens is 162 g/mol. The van der Waals surface area contributed by atoms with Gasteiger partial charge in [0.1, 0.15) is 0 Å². The highest BCUT2D eigenvalue weighted by Gasteiger charge is 2.32. The van der Waals surface area contributed by atoms with Crippen LogP contribution in [0.15, 0.2) is 0 Å². The van der Waals surface area contributed by atoms with Crippen molar-refractivity contribution in [2.75, 3.05) is 6.54 Å². The summed E-state index contributed by atoms with van der Waals surface area (Å²) < 4.78 is 0. The lowest BCUT2D eigenvalue weighted by atomic mass is 9.85. The number of hydrogen-bond donors (Lipinski definition) is 1. The van der Waals surface area contributed by atoms with Crippen molar-refractivity contribution in [3.63, 3.8) is 0 Å². The SMILES string of the molecule is CCCCCC1(C)CCCCN1O. The molecule has 0 amide bonds. The minimum absolute atomic E-state index is 0.0768. The monoisotopic (exact) mass is 185 g/mol. The second-order valence-electron chi connectivity index (χ2n) is 4.53. The van der Waals surface area contributed by atoms with Gasteiger partial charge in [-0.05, 0) is 26.2 Å². The van der Waals surface area contributed by atoms with E-state index in [0.717, 1.165) is 25.8 Å². The van der Waals surface area contributed by atoms with E-state index in [4.69, 9.17) is 0 Å². The van der Waals surface area contributed by atoms with Crippen molar-refractivity contribution in [3.05, 3.63) is 0 Å². The van der Waals surface area contributed by atoms with Crippen molar-refractivity contribution in [1.82, 2.24) is 5.06 Å². The summed E-state index contributed by atoms with van der Waals surface area (Å²) >= 11 is 0. The highest BCUT2D eigenvalue weighted by molar-refractivity contribution is 4.85. The first-order valence-corrected chi connectivity index (χ1v) is 5.65. The van der Waals surface area contributed by atoms with Crippen LogP contribution in [0.5, 0.6) is 0 Å². The Hall–Kier alpha value is -0.0800. The molecule has 0 radical (unpaired) electrons. The normalized spacial score (nSPS) is 30.7. The Kier molecular flexibility index (Phi) is 4.20. The van der Waals surface area contributed by atoms with Crippen molar-refractivity contribution >= 4 is 0 Å². The fraction of sp³-hybridized carbons (Fsp3) is 1.00. The molecule has 0 spiro atoms. The maximum absolute atomic E-state index is 9.76. The Labute approximate surface area is 81.9 Å². The van der Waals surface area contributed by atoms with Gasteiger partial charge in [0.15, 0.2) is 0 Å². The van der Waals surface area contributed by atoms with Gasteiger partial charge in [0.25, 0.3) is 0 Å². The first kappa shape index (κ1) is 11.0. The maximum Gasteiger partial charge on any atom is 0.0432 e. The predicted molar refractivity (Wildman–Crippen MR) is 54.9 cm³/mol. The summed E-state index contributed by atoms with van der Waals surface area (Å²) in [5, 5.41) is 11.3. The Morgan fingerprint density at radius 3 is 2.69 bits per heavy atom. The zero-order chi connectivity index (χ0) is 9.73. The number of hydrogen-bond acceptors (Lipinski definition) is 2. The Morgan fingerprint density at radius 1 is 1.31 bits per heavy atom. The van der Waals surface area contributed by atoms with Crippen LogP contribution in [0.2, 0.25) is 0 Å². The fourth-order valence-electron chi connectivity index (χ4n) is 2.18. The van der Waals surface area contributed by atoms with Gasteiger partial charge in [-0.15, -0.1) is 0 Å². The molecule has 2 nitrogen and oxygen atoms in total. The second kappa shape index (κ2) is 4.97. The van der Waals surface area contributed by atoms with Gasteiger partial charge in [-0.3, -0.25) is 0 Å². The van der Waals surface area contributed by atoms with Crippen molar-refractivity contribution in [3.8, 4) is 0 Å². The molecular formula is C11H23NO. The zero-order valence-electron chi connectivity index (χ0n) is 9.05. The van der Waals surface area contributed by atoms with E-state index < -0.39 is 0 Å². The molecule has 0 aromatic carbocycles. The summed E-state index contributed by atoms with van der Waals surface area (Å²) in [6, 6.07) is 0. The minimum atomic E-state index is 0.0768. The molecule has 1 atom stereocenters. The van der Waals surface area contributed by atoms with Crippen molar-refractivity contribution < 1.29 is 5.21 Å². The average Bonchev–Trinajstić information content (AvgIpc) is 2.11. The molecule has 1 fully saturated rings. The molecule has 1 heterocycles. The van der Waals surface area contributed by atoms with Gasteiger partial charge in [0, 0.05) is 12.1 Å². The van der Waals surface area contributed by atoms with Crippen molar-refractivity contribution in [2.45, 2.75) is 64.3 Å². The van der Waals surface area contributed by atoms with E-state index in [2.05, 4.69) is 13.8 Å². The van der Waals surface area contributed by atoms with Gasteiger partial charge in [0.2, 0.25) is 0 Å². The first-order chi connectivity index (χ1) is 6.19. The lowest BCUT2D eigenvalue weighted by Crippen LogP contribution is -2.47. The molecule has 1 N–H and O–H groups in total. The van der Waals surface area contributed by atoms with E-state index in [1.165, 1.54) is 25.7 Å². The van der Waals surface area contributed by atoms with E-state index in [0.29, 0.717) is 0 Å². The van der Waals surface area contributed by atoms with Gasteiger partial charge in [-0.25, -0.2) is 0 Å². The quantitative estimate of drug-likeness (QED) is 0.680. The van der Waals surface area contributed by atoms with Crippen LogP contribution >= 0.6 is 0 Å². The van der Waals surface area contributed by atoms with Gasteiger partial charge in [-0.1, -0.05) is 32.6 Å². The molecule has 1 rings (SSSR count).